The molecule has 1 aliphatic rings. The highest BCUT2D eigenvalue weighted by atomic mass is 32.2. The van der Waals surface area contributed by atoms with Crippen LogP contribution in [0.25, 0.3) is 0 Å². The van der Waals surface area contributed by atoms with Crippen LogP contribution in [0.3, 0.4) is 0 Å². The smallest absolute Gasteiger partial charge is 0.243 e. The molecule has 9 heteroatoms. The Labute approximate surface area is 170 Å². The van der Waals surface area contributed by atoms with Crippen molar-refractivity contribution < 1.29 is 22.3 Å². The second kappa shape index (κ2) is 8.89. The number of rotatable bonds is 6. The number of hydrogen-bond acceptors (Lipinski definition) is 5. The molecule has 1 atom stereocenters. The summed E-state index contributed by atoms with van der Waals surface area (Å²) in [6.07, 6.45) is 0. The third-order valence-electron chi connectivity index (χ3n) is 4.97. The average Bonchev–Trinajstić information content (AvgIpc) is 2.73. The van der Waals surface area contributed by atoms with Crippen LogP contribution in [0, 0.1) is 5.82 Å². The van der Waals surface area contributed by atoms with Crippen LogP contribution >= 0.6 is 0 Å². The molecular formula is C20H24FN3O4S. The number of halogens is 1. The predicted molar refractivity (Wildman–Crippen MR) is 108 cm³/mol. The number of carbonyl (C=O) groups excluding carboxylic acids is 1. The molecular weight excluding hydrogens is 397 g/mol. The van der Waals surface area contributed by atoms with E-state index in [-0.39, 0.29) is 23.9 Å². The minimum atomic E-state index is -3.76. The second-order valence-corrected chi connectivity index (χ2v) is 8.73. The third kappa shape index (κ3) is 4.92. The standard InChI is InChI=1S/C20H24FN3O4S/c1-15(20(25)22-17-6-4-7-18(14-17)28-2)23-9-11-24(12-10-23)29(26,27)19-8-3-5-16(21)13-19/h3-8,13-15H,9-12H2,1-2H3,(H,22,25)/t15-/m1/s1. The lowest BCUT2D eigenvalue weighted by molar-refractivity contribution is -0.121. The van der Waals surface area contributed by atoms with Crippen LogP contribution in [0.4, 0.5) is 10.1 Å². The van der Waals surface area contributed by atoms with Crippen molar-refractivity contribution in [3.8, 4) is 5.75 Å². The van der Waals surface area contributed by atoms with Gasteiger partial charge in [-0.1, -0.05) is 12.1 Å². The van der Waals surface area contributed by atoms with Gasteiger partial charge in [-0.15, -0.1) is 0 Å². The van der Waals surface area contributed by atoms with Gasteiger partial charge in [-0.05, 0) is 37.3 Å². The summed E-state index contributed by atoms with van der Waals surface area (Å²) in [5, 5.41) is 2.85. The van der Waals surface area contributed by atoms with E-state index in [0.717, 1.165) is 6.07 Å². The third-order valence-corrected chi connectivity index (χ3v) is 6.87. The molecule has 3 rings (SSSR count). The van der Waals surface area contributed by atoms with Gasteiger partial charge in [0.1, 0.15) is 11.6 Å². The summed E-state index contributed by atoms with van der Waals surface area (Å²) in [5.74, 6) is -0.126. The number of nitrogens with zero attached hydrogens (tertiary/aromatic N) is 2. The van der Waals surface area contributed by atoms with Gasteiger partial charge in [0.25, 0.3) is 0 Å². The Morgan fingerprint density at radius 3 is 2.45 bits per heavy atom. The van der Waals surface area contributed by atoms with Gasteiger partial charge in [-0.25, -0.2) is 12.8 Å². The fourth-order valence-corrected chi connectivity index (χ4v) is 4.68. The van der Waals surface area contributed by atoms with E-state index in [1.165, 1.54) is 22.5 Å². The van der Waals surface area contributed by atoms with E-state index in [1.54, 1.807) is 38.3 Å². The number of piperazine rings is 1. The zero-order chi connectivity index (χ0) is 21.0. The Morgan fingerprint density at radius 1 is 1.10 bits per heavy atom. The maximum Gasteiger partial charge on any atom is 0.243 e. The van der Waals surface area contributed by atoms with Crippen molar-refractivity contribution in [2.45, 2.75) is 17.9 Å². The van der Waals surface area contributed by atoms with Gasteiger partial charge in [0.15, 0.2) is 0 Å². The van der Waals surface area contributed by atoms with Crippen LogP contribution in [0.15, 0.2) is 53.4 Å². The molecule has 0 unspecified atom stereocenters. The number of sulfonamides is 1. The molecule has 0 bridgehead atoms. The van der Waals surface area contributed by atoms with E-state index in [2.05, 4.69) is 5.32 Å². The monoisotopic (exact) mass is 421 g/mol. The summed E-state index contributed by atoms with van der Waals surface area (Å²) in [6, 6.07) is 11.6. The molecule has 2 aromatic carbocycles. The van der Waals surface area contributed by atoms with Gasteiger partial charge < -0.3 is 10.1 Å². The molecule has 0 aliphatic carbocycles. The summed E-state index contributed by atoms with van der Waals surface area (Å²) in [6.45, 7) is 3.06. The second-order valence-electron chi connectivity index (χ2n) is 6.79. The number of amides is 1. The number of carbonyl (C=O) groups is 1. The molecule has 1 fully saturated rings. The number of nitrogens with one attached hydrogen (secondary N) is 1. The average molecular weight is 421 g/mol. The van der Waals surface area contributed by atoms with E-state index < -0.39 is 21.9 Å². The predicted octanol–water partition coefficient (Wildman–Crippen LogP) is 2.17. The molecule has 0 saturated carbocycles. The first-order chi connectivity index (χ1) is 13.8. The van der Waals surface area contributed by atoms with E-state index in [9.17, 15) is 17.6 Å². The molecule has 0 spiro atoms. The normalized spacial score (nSPS) is 16.9. The van der Waals surface area contributed by atoms with Crippen molar-refractivity contribution in [2.75, 3.05) is 38.6 Å². The molecule has 1 amide bonds. The van der Waals surface area contributed by atoms with Gasteiger partial charge >= 0.3 is 0 Å². The summed E-state index contributed by atoms with van der Waals surface area (Å²) >= 11 is 0. The summed E-state index contributed by atoms with van der Waals surface area (Å²) < 4.78 is 45.3. The minimum absolute atomic E-state index is 0.0604. The van der Waals surface area contributed by atoms with Crippen molar-refractivity contribution in [3.05, 3.63) is 54.3 Å². The molecule has 7 nitrogen and oxygen atoms in total. The first kappa shape index (κ1) is 21.2. The summed E-state index contributed by atoms with van der Waals surface area (Å²) in [4.78, 5) is 14.4. The van der Waals surface area contributed by atoms with Crippen molar-refractivity contribution in [2.24, 2.45) is 0 Å². The lowest BCUT2D eigenvalue weighted by Crippen LogP contribution is -2.53. The van der Waals surface area contributed by atoms with Gasteiger partial charge in [0, 0.05) is 37.9 Å². The van der Waals surface area contributed by atoms with Crippen LogP contribution in [-0.2, 0) is 14.8 Å². The van der Waals surface area contributed by atoms with Crippen LogP contribution < -0.4 is 10.1 Å². The Hall–Kier alpha value is -2.49. The molecule has 2 aromatic rings. The van der Waals surface area contributed by atoms with Crippen LogP contribution in [0.2, 0.25) is 0 Å². The topological polar surface area (TPSA) is 79.0 Å². The van der Waals surface area contributed by atoms with Crippen LogP contribution in [0.1, 0.15) is 6.92 Å². The van der Waals surface area contributed by atoms with Crippen LogP contribution in [-0.4, -0.2) is 62.9 Å². The molecule has 0 aromatic heterocycles. The fourth-order valence-electron chi connectivity index (χ4n) is 3.22. The Kier molecular flexibility index (Phi) is 6.51. The maximum absolute atomic E-state index is 13.4. The number of benzene rings is 2. The van der Waals surface area contributed by atoms with Crippen LogP contribution in [0.5, 0.6) is 5.75 Å². The minimum Gasteiger partial charge on any atom is -0.497 e. The molecule has 156 valence electrons. The number of hydrogen-bond donors (Lipinski definition) is 1. The maximum atomic E-state index is 13.4. The Morgan fingerprint density at radius 2 is 1.79 bits per heavy atom. The fraction of sp³-hybridized carbons (Fsp3) is 0.350. The largest absolute Gasteiger partial charge is 0.497 e. The molecule has 1 heterocycles. The van der Waals surface area contributed by atoms with Gasteiger partial charge in [-0.3, -0.25) is 9.69 Å². The zero-order valence-electron chi connectivity index (χ0n) is 16.3. The molecule has 29 heavy (non-hydrogen) atoms. The highest BCUT2D eigenvalue weighted by Gasteiger charge is 2.32. The SMILES string of the molecule is COc1cccc(NC(=O)[C@@H](C)N2CCN(S(=O)(=O)c3cccc(F)c3)CC2)c1. The summed E-state index contributed by atoms with van der Waals surface area (Å²) in [7, 11) is -2.20. The molecule has 1 aliphatic heterocycles. The van der Waals surface area contributed by atoms with Crippen molar-refractivity contribution in [3.63, 3.8) is 0 Å². The Balaban J connectivity index is 1.60. The first-order valence-corrected chi connectivity index (χ1v) is 10.7. The van der Waals surface area contributed by atoms with Gasteiger partial charge in [0.2, 0.25) is 15.9 Å². The van der Waals surface area contributed by atoms with E-state index in [4.69, 9.17) is 4.74 Å². The van der Waals surface area contributed by atoms with Gasteiger partial charge in [0.05, 0.1) is 18.0 Å². The van der Waals surface area contributed by atoms with Crippen molar-refractivity contribution in [1.29, 1.82) is 0 Å². The first-order valence-electron chi connectivity index (χ1n) is 9.26. The summed E-state index contributed by atoms with van der Waals surface area (Å²) in [5.41, 5.74) is 0.633. The highest BCUT2D eigenvalue weighted by molar-refractivity contribution is 7.89. The van der Waals surface area contributed by atoms with E-state index in [1.807, 2.05) is 4.90 Å². The van der Waals surface area contributed by atoms with Crippen molar-refractivity contribution in [1.82, 2.24) is 9.21 Å². The Bertz CT molecular complexity index is 975. The lowest BCUT2D eigenvalue weighted by Gasteiger charge is -2.36. The number of methoxy groups -OCH3 is 1. The lowest BCUT2D eigenvalue weighted by atomic mass is 10.2. The number of ether oxygens (including phenoxy) is 1. The number of anilines is 1. The molecule has 0 radical (unpaired) electrons. The van der Waals surface area contributed by atoms with Crippen molar-refractivity contribution >= 4 is 21.6 Å². The molecule has 1 N–H and O–H groups in total. The quantitative estimate of drug-likeness (QED) is 0.773. The zero-order valence-corrected chi connectivity index (χ0v) is 17.2. The highest BCUT2D eigenvalue weighted by Crippen LogP contribution is 2.20. The van der Waals surface area contributed by atoms with Gasteiger partial charge in [-0.2, -0.15) is 4.31 Å². The van der Waals surface area contributed by atoms with E-state index >= 15 is 0 Å². The molecule has 1 saturated heterocycles. The van der Waals surface area contributed by atoms with E-state index in [0.29, 0.717) is 24.5 Å².